The number of benzene rings is 2. The van der Waals surface area contributed by atoms with Crippen LogP contribution in [0, 0.1) is 0 Å². The zero-order valence-electron chi connectivity index (χ0n) is 15.0. The van der Waals surface area contributed by atoms with Gasteiger partial charge in [0.05, 0.1) is 22.6 Å². The van der Waals surface area contributed by atoms with Crippen LogP contribution < -0.4 is 19.5 Å². The molecular weight excluding hydrogens is 392 g/mol. The third-order valence-corrected chi connectivity index (χ3v) is 5.32. The van der Waals surface area contributed by atoms with Gasteiger partial charge < -0.3 is 14.8 Å². The lowest BCUT2D eigenvalue weighted by molar-refractivity contribution is 0.0952. The minimum absolute atomic E-state index is 0.0378. The van der Waals surface area contributed by atoms with Crippen LogP contribution in [0.5, 0.6) is 11.5 Å². The second kappa shape index (κ2) is 9.59. The molecule has 0 saturated carbocycles. The fourth-order valence-electron chi connectivity index (χ4n) is 2.27. The first kappa shape index (κ1) is 21.0. The van der Waals surface area contributed by atoms with E-state index >= 15 is 0 Å². The highest BCUT2D eigenvalue weighted by Gasteiger charge is 2.19. The highest BCUT2D eigenvalue weighted by molar-refractivity contribution is 7.89. The van der Waals surface area contributed by atoms with Gasteiger partial charge in [-0.2, -0.15) is 0 Å². The molecule has 27 heavy (non-hydrogen) atoms. The van der Waals surface area contributed by atoms with E-state index in [4.69, 9.17) is 21.1 Å². The van der Waals surface area contributed by atoms with Gasteiger partial charge in [-0.3, -0.25) is 4.79 Å². The first-order valence-corrected chi connectivity index (χ1v) is 10.1. The second-order valence-electron chi connectivity index (χ2n) is 5.40. The van der Waals surface area contributed by atoms with Crippen LogP contribution in [0.2, 0.25) is 5.02 Å². The SMILES string of the molecule is CCNC(=O)c1cc(S(=O)(=O)NCCOc2ccccc2Cl)ccc1OC. The van der Waals surface area contributed by atoms with Crippen molar-refractivity contribution in [2.24, 2.45) is 0 Å². The molecular formula is C18H21ClN2O5S. The number of rotatable bonds is 9. The molecule has 7 nitrogen and oxygen atoms in total. The summed E-state index contributed by atoms with van der Waals surface area (Å²) in [5.41, 5.74) is 0.148. The average molecular weight is 413 g/mol. The van der Waals surface area contributed by atoms with Crippen molar-refractivity contribution in [2.75, 3.05) is 26.8 Å². The van der Waals surface area contributed by atoms with E-state index in [0.29, 0.717) is 23.1 Å². The van der Waals surface area contributed by atoms with Gasteiger partial charge in [0.1, 0.15) is 18.1 Å². The molecule has 1 amide bonds. The molecule has 2 N–H and O–H groups in total. The highest BCUT2D eigenvalue weighted by Crippen LogP contribution is 2.24. The monoisotopic (exact) mass is 412 g/mol. The molecule has 2 rings (SSSR count). The van der Waals surface area contributed by atoms with Crippen LogP contribution in [0.25, 0.3) is 0 Å². The van der Waals surface area contributed by atoms with Crippen molar-refractivity contribution in [3.05, 3.63) is 53.1 Å². The third-order valence-electron chi connectivity index (χ3n) is 3.55. The molecule has 0 atom stereocenters. The van der Waals surface area contributed by atoms with Crippen molar-refractivity contribution in [3.63, 3.8) is 0 Å². The molecule has 146 valence electrons. The molecule has 0 aromatic heterocycles. The van der Waals surface area contributed by atoms with Crippen LogP contribution in [0.1, 0.15) is 17.3 Å². The topological polar surface area (TPSA) is 93.7 Å². The van der Waals surface area contributed by atoms with E-state index in [0.717, 1.165) is 0 Å². The van der Waals surface area contributed by atoms with E-state index in [1.165, 1.54) is 25.3 Å². The molecule has 0 spiro atoms. The van der Waals surface area contributed by atoms with E-state index in [-0.39, 0.29) is 23.6 Å². The van der Waals surface area contributed by atoms with Gasteiger partial charge in [-0.05, 0) is 37.3 Å². The van der Waals surface area contributed by atoms with Gasteiger partial charge in [-0.15, -0.1) is 0 Å². The van der Waals surface area contributed by atoms with Gasteiger partial charge in [0.15, 0.2) is 0 Å². The number of methoxy groups -OCH3 is 1. The van der Waals surface area contributed by atoms with Crippen molar-refractivity contribution < 1.29 is 22.7 Å². The normalized spacial score (nSPS) is 11.1. The maximum absolute atomic E-state index is 12.5. The Morgan fingerprint density at radius 3 is 2.56 bits per heavy atom. The highest BCUT2D eigenvalue weighted by atomic mass is 35.5. The van der Waals surface area contributed by atoms with Crippen molar-refractivity contribution in [3.8, 4) is 11.5 Å². The summed E-state index contributed by atoms with van der Waals surface area (Å²) in [4.78, 5) is 12.1. The summed E-state index contributed by atoms with van der Waals surface area (Å²) in [7, 11) is -2.41. The Kier molecular flexibility index (Phi) is 7.46. The Hall–Kier alpha value is -2.29. The number of hydrogen-bond donors (Lipinski definition) is 2. The number of halogens is 1. The van der Waals surface area contributed by atoms with Crippen LogP contribution in [-0.4, -0.2) is 41.1 Å². The smallest absolute Gasteiger partial charge is 0.255 e. The fraction of sp³-hybridized carbons (Fsp3) is 0.278. The predicted octanol–water partition coefficient (Wildman–Crippen LogP) is 2.46. The summed E-state index contributed by atoms with van der Waals surface area (Å²) in [5.74, 6) is 0.358. The molecule has 0 saturated heterocycles. The molecule has 2 aromatic carbocycles. The number of amides is 1. The van der Waals surface area contributed by atoms with Crippen LogP contribution >= 0.6 is 11.6 Å². The minimum atomic E-state index is -3.82. The van der Waals surface area contributed by atoms with Crippen molar-refractivity contribution in [2.45, 2.75) is 11.8 Å². The van der Waals surface area contributed by atoms with E-state index in [2.05, 4.69) is 10.0 Å². The summed E-state index contributed by atoms with van der Waals surface area (Å²) in [5, 5.41) is 3.07. The molecule has 0 aliphatic heterocycles. The van der Waals surface area contributed by atoms with Gasteiger partial charge in [-0.1, -0.05) is 23.7 Å². The van der Waals surface area contributed by atoms with Crippen LogP contribution in [0.3, 0.4) is 0 Å². The Morgan fingerprint density at radius 1 is 1.15 bits per heavy atom. The quantitative estimate of drug-likeness (QED) is 0.617. The van der Waals surface area contributed by atoms with Gasteiger partial charge in [-0.25, -0.2) is 13.1 Å². The Bertz CT molecular complexity index is 902. The van der Waals surface area contributed by atoms with E-state index in [9.17, 15) is 13.2 Å². The Balaban J connectivity index is 2.06. The summed E-state index contributed by atoms with van der Waals surface area (Å²) in [6, 6.07) is 11.0. The van der Waals surface area contributed by atoms with Crippen molar-refractivity contribution in [1.29, 1.82) is 0 Å². The van der Waals surface area contributed by atoms with Crippen LogP contribution in [0.4, 0.5) is 0 Å². The summed E-state index contributed by atoms with van der Waals surface area (Å²) >= 11 is 5.98. The molecule has 0 unspecified atom stereocenters. The lowest BCUT2D eigenvalue weighted by Crippen LogP contribution is -2.29. The standard InChI is InChI=1S/C18H21ClN2O5S/c1-3-20-18(22)14-12-13(8-9-16(14)25-2)27(23,24)21-10-11-26-17-7-5-4-6-15(17)19/h4-9,12,21H,3,10-11H2,1-2H3,(H,20,22). The lowest BCUT2D eigenvalue weighted by atomic mass is 10.2. The molecule has 0 heterocycles. The molecule has 0 fully saturated rings. The number of sulfonamides is 1. The van der Waals surface area contributed by atoms with Gasteiger partial charge in [0.25, 0.3) is 5.91 Å². The maximum atomic E-state index is 12.5. The summed E-state index contributed by atoms with van der Waals surface area (Å²) in [6.07, 6.45) is 0. The van der Waals surface area contributed by atoms with Crippen LogP contribution in [-0.2, 0) is 10.0 Å². The first-order valence-electron chi connectivity index (χ1n) is 8.22. The number of hydrogen-bond acceptors (Lipinski definition) is 5. The predicted molar refractivity (Wildman–Crippen MR) is 103 cm³/mol. The summed E-state index contributed by atoms with van der Waals surface area (Å²) < 4.78 is 38.0. The maximum Gasteiger partial charge on any atom is 0.255 e. The number of para-hydroxylation sites is 1. The summed E-state index contributed by atoms with van der Waals surface area (Å²) in [6.45, 7) is 2.32. The fourth-order valence-corrected chi connectivity index (χ4v) is 3.50. The van der Waals surface area contributed by atoms with Crippen molar-refractivity contribution in [1.82, 2.24) is 10.0 Å². The molecule has 0 bridgehead atoms. The Morgan fingerprint density at radius 2 is 1.89 bits per heavy atom. The number of carbonyl (C=O) groups is 1. The third kappa shape index (κ3) is 5.59. The number of nitrogens with one attached hydrogen (secondary N) is 2. The average Bonchev–Trinajstić information content (AvgIpc) is 2.66. The number of carbonyl (C=O) groups excluding carboxylic acids is 1. The van der Waals surface area contributed by atoms with E-state index in [1.807, 2.05) is 0 Å². The Labute approximate surface area is 163 Å². The largest absolute Gasteiger partial charge is 0.496 e. The van der Waals surface area contributed by atoms with Gasteiger partial charge >= 0.3 is 0 Å². The van der Waals surface area contributed by atoms with Gasteiger partial charge in [0, 0.05) is 13.1 Å². The zero-order chi connectivity index (χ0) is 19.9. The minimum Gasteiger partial charge on any atom is -0.496 e. The second-order valence-corrected chi connectivity index (χ2v) is 7.57. The zero-order valence-corrected chi connectivity index (χ0v) is 16.6. The molecule has 2 aromatic rings. The molecule has 0 aliphatic rings. The van der Waals surface area contributed by atoms with Gasteiger partial charge in [0.2, 0.25) is 10.0 Å². The number of ether oxygens (including phenoxy) is 2. The lowest BCUT2D eigenvalue weighted by Gasteiger charge is -2.12. The van der Waals surface area contributed by atoms with E-state index < -0.39 is 15.9 Å². The molecule has 0 aliphatic carbocycles. The first-order chi connectivity index (χ1) is 12.9. The van der Waals surface area contributed by atoms with Crippen LogP contribution in [0.15, 0.2) is 47.4 Å². The van der Waals surface area contributed by atoms with E-state index in [1.54, 1.807) is 31.2 Å². The molecule has 0 radical (unpaired) electrons. The van der Waals surface area contributed by atoms with Crippen molar-refractivity contribution >= 4 is 27.5 Å². The molecule has 9 heteroatoms.